The third kappa shape index (κ3) is 5.16. The molecule has 0 aliphatic heterocycles. The molecule has 2 heterocycles. The number of benzene rings is 1. The summed E-state index contributed by atoms with van der Waals surface area (Å²) in [5.41, 5.74) is -0.329. The van der Waals surface area contributed by atoms with Crippen LogP contribution in [0.3, 0.4) is 0 Å². The summed E-state index contributed by atoms with van der Waals surface area (Å²) in [6, 6.07) is 18.6. The molecule has 3 aromatic rings. The molecular formula is C28H34BrNO3S2. The van der Waals surface area contributed by atoms with Crippen LogP contribution in [0, 0.1) is 11.8 Å². The lowest BCUT2D eigenvalue weighted by atomic mass is 9.96. The Bertz CT molecular complexity index is 1050. The lowest BCUT2D eigenvalue weighted by Gasteiger charge is -2.39. The molecule has 2 saturated carbocycles. The number of rotatable bonds is 9. The summed E-state index contributed by atoms with van der Waals surface area (Å²) in [6.07, 6.45) is 5.35. The molecule has 5 rings (SSSR count). The highest BCUT2D eigenvalue weighted by atomic mass is 79.9. The molecule has 4 nitrogen and oxygen atoms in total. The molecule has 4 atom stereocenters. The summed E-state index contributed by atoms with van der Waals surface area (Å²) >= 11 is 2.79. The van der Waals surface area contributed by atoms with Gasteiger partial charge in [-0.1, -0.05) is 42.5 Å². The van der Waals surface area contributed by atoms with Crippen LogP contribution in [0.15, 0.2) is 65.4 Å². The largest absolute Gasteiger partial charge is 1.00 e. The number of quaternary nitrogens is 1. The summed E-state index contributed by atoms with van der Waals surface area (Å²) in [5.74, 6) is 0.408. The molecule has 2 aliphatic carbocycles. The molecular weight excluding hydrogens is 542 g/mol. The smallest absolute Gasteiger partial charge is 0.349 e. The third-order valence-electron chi connectivity index (χ3n) is 7.96. The number of carbonyl (C=O) groups excluding carboxylic acids is 1. The van der Waals surface area contributed by atoms with E-state index in [4.69, 9.17) is 4.74 Å². The van der Waals surface area contributed by atoms with Crippen LogP contribution in [0.1, 0.15) is 41.0 Å². The number of esters is 1. The van der Waals surface area contributed by atoms with Gasteiger partial charge in [0.15, 0.2) is 0 Å². The lowest BCUT2D eigenvalue weighted by Crippen LogP contribution is -3.00. The minimum atomic E-state index is -1.72. The Hall–Kier alpha value is -1.51. The van der Waals surface area contributed by atoms with Gasteiger partial charge in [0.1, 0.15) is 6.10 Å². The Morgan fingerprint density at radius 1 is 1.03 bits per heavy atom. The summed E-state index contributed by atoms with van der Waals surface area (Å²) in [4.78, 5) is 14.8. The van der Waals surface area contributed by atoms with E-state index in [0.717, 1.165) is 36.7 Å². The first kappa shape index (κ1) is 26.6. The van der Waals surface area contributed by atoms with E-state index in [1.165, 1.54) is 34.7 Å². The molecule has 2 fully saturated rings. The van der Waals surface area contributed by atoms with Gasteiger partial charge in [-0.05, 0) is 54.1 Å². The van der Waals surface area contributed by atoms with Crippen molar-refractivity contribution in [2.24, 2.45) is 11.8 Å². The minimum Gasteiger partial charge on any atom is -1.00 e. The highest BCUT2D eigenvalue weighted by Crippen LogP contribution is 2.51. The van der Waals surface area contributed by atoms with Crippen molar-refractivity contribution in [3.8, 4) is 0 Å². The van der Waals surface area contributed by atoms with Crippen molar-refractivity contribution in [2.75, 3.05) is 20.6 Å². The van der Waals surface area contributed by atoms with Crippen LogP contribution < -0.4 is 17.0 Å². The van der Waals surface area contributed by atoms with Crippen molar-refractivity contribution in [1.82, 2.24) is 0 Å². The monoisotopic (exact) mass is 575 g/mol. The van der Waals surface area contributed by atoms with Crippen LogP contribution in [0.25, 0.3) is 0 Å². The standard InChI is InChI=1S/C28H34NO3S2.BrH/c1-29(2,16-6-11-20-9-4-3-5-10-20)26-21-14-15-22(26)23(19-21)32-27(30)28(31,24-12-7-17-33-24)25-13-8-18-34-25;/h3-5,7-10,12-13,17-18,21-23,26,31H,6,11,14-16,19H2,1-2H3;1H/q+1;/p-1. The van der Waals surface area contributed by atoms with E-state index in [-0.39, 0.29) is 23.1 Å². The molecule has 4 unspecified atom stereocenters. The number of ether oxygens (including phenoxy) is 1. The summed E-state index contributed by atoms with van der Waals surface area (Å²) < 4.78 is 7.14. The topological polar surface area (TPSA) is 46.5 Å². The van der Waals surface area contributed by atoms with Crippen molar-refractivity contribution < 1.29 is 36.1 Å². The number of nitrogens with zero attached hydrogens (tertiary/aromatic N) is 1. The van der Waals surface area contributed by atoms with Gasteiger partial charge in [0.2, 0.25) is 5.60 Å². The van der Waals surface area contributed by atoms with Gasteiger partial charge in [0.25, 0.3) is 0 Å². The number of hydrogen-bond acceptors (Lipinski definition) is 5. The molecule has 1 aromatic carbocycles. The molecule has 7 heteroatoms. The molecule has 2 bridgehead atoms. The second-order valence-electron chi connectivity index (χ2n) is 10.4. The van der Waals surface area contributed by atoms with Crippen molar-refractivity contribution in [1.29, 1.82) is 0 Å². The number of fused-ring (bicyclic) bond motifs is 2. The van der Waals surface area contributed by atoms with Crippen LogP contribution in [-0.4, -0.2) is 48.3 Å². The van der Waals surface area contributed by atoms with Crippen molar-refractivity contribution >= 4 is 28.6 Å². The Morgan fingerprint density at radius 3 is 2.29 bits per heavy atom. The van der Waals surface area contributed by atoms with Crippen LogP contribution in [0.5, 0.6) is 0 Å². The summed E-state index contributed by atoms with van der Waals surface area (Å²) in [6.45, 7) is 1.11. The zero-order valence-electron chi connectivity index (χ0n) is 20.3. The van der Waals surface area contributed by atoms with Crippen LogP contribution in [0.4, 0.5) is 0 Å². The first-order valence-electron chi connectivity index (χ1n) is 12.3. The molecule has 2 aliphatic rings. The zero-order chi connectivity index (χ0) is 23.8. The van der Waals surface area contributed by atoms with Crippen molar-refractivity contribution in [2.45, 2.75) is 49.9 Å². The minimum absolute atomic E-state index is 0. The van der Waals surface area contributed by atoms with Crippen molar-refractivity contribution in [3.05, 3.63) is 80.7 Å². The fraction of sp³-hybridized carbons (Fsp3) is 0.464. The Kier molecular flexibility index (Phi) is 8.23. The molecule has 0 spiro atoms. The quantitative estimate of drug-likeness (QED) is 0.315. The molecule has 188 valence electrons. The third-order valence-corrected chi connectivity index (χ3v) is 9.92. The van der Waals surface area contributed by atoms with Gasteiger partial charge >= 0.3 is 5.97 Å². The molecule has 0 radical (unpaired) electrons. The maximum Gasteiger partial charge on any atom is 0.349 e. The summed E-state index contributed by atoms with van der Waals surface area (Å²) in [7, 11) is 4.69. The molecule has 35 heavy (non-hydrogen) atoms. The second-order valence-corrected chi connectivity index (χ2v) is 12.3. The number of halogens is 1. The van der Waals surface area contributed by atoms with E-state index in [2.05, 4.69) is 44.4 Å². The van der Waals surface area contributed by atoms with Gasteiger partial charge in [-0.25, -0.2) is 4.79 Å². The molecule has 0 saturated heterocycles. The molecule has 0 amide bonds. The Labute approximate surface area is 226 Å². The second kappa shape index (κ2) is 10.9. The average Bonchev–Trinajstić information content (AvgIpc) is 3.64. The van der Waals surface area contributed by atoms with Gasteiger partial charge in [0.05, 0.1) is 36.4 Å². The van der Waals surface area contributed by atoms with Gasteiger partial charge in [-0.15, -0.1) is 22.7 Å². The first-order valence-corrected chi connectivity index (χ1v) is 14.0. The number of aryl methyl sites for hydroxylation is 1. The predicted octanol–water partition coefficient (Wildman–Crippen LogP) is 2.47. The predicted molar refractivity (Wildman–Crippen MR) is 138 cm³/mol. The average molecular weight is 577 g/mol. The van der Waals surface area contributed by atoms with Gasteiger partial charge in [0, 0.05) is 18.3 Å². The fourth-order valence-electron chi connectivity index (χ4n) is 6.46. The van der Waals surface area contributed by atoms with Crippen LogP contribution >= 0.6 is 22.7 Å². The van der Waals surface area contributed by atoms with Gasteiger partial charge < -0.3 is 31.3 Å². The number of carbonyl (C=O) groups is 1. The highest BCUT2D eigenvalue weighted by molar-refractivity contribution is 7.12. The Morgan fingerprint density at radius 2 is 1.69 bits per heavy atom. The summed E-state index contributed by atoms with van der Waals surface area (Å²) in [5, 5.41) is 15.4. The lowest BCUT2D eigenvalue weighted by molar-refractivity contribution is -0.919. The maximum absolute atomic E-state index is 13.5. The van der Waals surface area contributed by atoms with E-state index in [9.17, 15) is 9.90 Å². The van der Waals surface area contributed by atoms with Crippen molar-refractivity contribution in [3.63, 3.8) is 0 Å². The van der Waals surface area contributed by atoms with E-state index in [1.807, 2.05) is 35.0 Å². The van der Waals surface area contributed by atoms with E-state index < -0.39 is 11.6 Å². The molecule has 2 aromatic heterocycles. The number of hydrogen-bond donors (Lipinski definition) is 1. The van der Waals surface area contributed by atoms with E-state index >= 15 is 0 Å². The highest BCUT2D eigenvalue weighted by Gasteiger charge is 2.58. The SMILES string of the molecule is C[N+](C)(CCCc1ccccc1)C1C2CCC1C(OC(=O)C(O)(c1cccs1)c1cccs1)C2.[Br-]. The van der Waals surface area contributed by atoms with Gasteiger partial charge in [-0.3, -0.25) is 0 Å². The van der Waals surface area contributed by atoms with E-state index in [0.29, 0.717) is 27.6 Å². The number of thiophene rings is 2. The molecule has 1 N–H and O–H groups in total. The zero-order valence-corrected chi connectivity index (χ0v) is 23.5. The van der Waals surface area contributed by atoms with Crippen LogP contribution in [-0.2, 0) is 21.6 Å². The number of aliphatic hydroxyl groups is 1. The fourth-order valence-corrected chi connectivity index (χ4v) is 8.17. The normalized spacial score (nSPS) is 23.7. The maximum atomic E-state index is 13.5. The first-order chi connectivity index (χ1) is 16.4. The Balaban J connectivity index is 0.00000289. The van der Waals surface area contributed by atoms with Gasteiger partial charge in [-0.2, -0.15) is 0 Å². The van der Waals surface area contributed by atoms with E-state index in [1.54, 1.807) is 0 Å². The van der Waals surface area contributed by atoms with Crippen LogP contribution in [0.2, 0.25) is 0 Å².